The number of thiophene rings is 1. The van der Waals surface area contributed by atoms with Gasteiger partial charge in [-0.15, -0.1) is 11.3 Å². The van der Waals surface area contributed by atoms with Gasteiger partial charge in [0.2, 0.25) is 0 Å². The Hall–Kier alpha value is -2.61. The molecule has 0 radical (unpaired) electrons. The fraction of sp³-hybridized carbons (Fsp3) is 0.353. The van der Waals surface area contributed by atoms with Crippen molar-refractivity contribution in [3.05, 3.63) is 40.7 Å². The van der Waals surface area contributed by atoms with Gasteiger partial charge < -0.3 is 19.8 Å². The molecule has 2 heterocycles. The molecule has 0 saturated heterocycles. The molecule has 2 N–H and O–H groups in total. The van der Waals surface area contributed by atoms with E-state index in [0.29, 0.717) is 15.4 Å². The van der Waals surface area contributed by atoms with Crippen LogP contribution in [0.15, 0.2) is 28.9 Å². The van der Waals surface area contributed by atoms with Crippen molar-refractivity contribution in [2.24, 2.45) is 0 Å². The number of carbonyl (C=O) groups is 3. The van der Waals surface area contributed by atoms with Crippen molar-refractivity contribution in [2.75, 3.05) is 11.9 Å². The number of furan rings is 1. The lowest BCUT2D eigenvalue weighted by atomic mass is 10.1. The van der Waals surface area contributed by atoms with Crippen molar-refractivity contribution < 1.29 is 23.5 Å². The van der Waals surface area contributed by atoms with Crippen molar-refractivity contribution >= 4 is 34.1 Å². The van der Waals surface area contributed by atoms with Crippen LogP contribution in [0.4, 0.5) is 5.00 Å². The van der Waals surface area contributed by atoms with Crippen molar-refractivity contribution in [2.45, 2.75) is 33.2 Å². The molecule has 2 aromatic heterocycles. The minimum Gasteiger partial charge on any atom is -0.459 e. The van der Waals surface area contributed by atoms with Crippen LogP contribution in [0.5, 0.6) is 0 Å². The molecule has 134 valence electrons. The molecule has 0 unspecified atom stereocenters. The third-order valence-electron chi connectivity index (χ3n) is 2.93. The molecule has 0 saturated carbocycles. The molecular weight excluding hydrogens is 344 g/mol. The summed E-state index contributed by atoms with van der Waals surface area (Å²) in [5.41, 5.74) is 0.256. The molecule has 8 heteroatoms. The molecule has 2 rings (SSSR count). The highest BCUT2D eigenvalue weighted by molar-refractivity contribution is 7.18. The zero-order chi connectivity index (χ0) is 18.6. The molecular formula is C17H20N2O5S. The first-order chi connectivity index (χ1) is 11.7. The lowest BCUT2D eigenvalue weighted by Crippen LogP contribution is -2.42. The zero-order valence-electron chi connectivity index (χ0n) is 14.5. The quantitative estimate of drug-likeness (QED) is 0.795. The summed E-state index contributed by atoms with van der Waals surface area (Å²) in [4.78, 5) is 36.1. The van der Waals surface area contributed by atoms with Gasteiger partial charge in [-0.1, -0.05) is 0 Å². The number of hydrogen-bond donors (Lipinski definition) is 2. The Kier molecular flexibility index (Phi) is 5.63. The van der Waals surface area contributed by atoms with Gasteiger partial charge in [-0.25, -0.2) is 4.79 Å². The minimum atomic E-state index is -0.606. The van der Waals surface area contributed by atoms with E-state index in [1.807, 2.05) is 20.8 Å². The van der Waals surface area contributed by atoms with E-state index >= 15 is 0 Å². The molecule has 0 spiro atoms. The summed E-state index contributed by atoms with van der Waals surface area (Å²) in [7, 11) is 0. The van der Waals surface area contributed by atoms with Gasteiger partial charge in [-0.2, -0.15) is 0 Å². The largest absolute Gasteiger partial charge is 0.459 e. The van der Waals surface area contributed by atoms with Crippen molar-refractivity contribution in [1.82, 2.24) is 5.32 Å². The molecule has 2 amide bonds. The highest BCUT2D eigenvalue weighted by Crippen LogP contribution is 2.27. The maximum atomic E-state index is 12.1. The smallest absolute Gasteiger partial charge is 0.349 e. The van der Waals surface area contributed by atoms with Gasteiger partial charge in [0.25, 0.3) is 11.8 Å². The SMILES string of the molecule is Cc1cc(NC(=O)c2ccco2)sc1C(=O)OCC(=O)NC(C)(C)C. The van der Waals surface area contributed by atoms with Crippen molar-refractivity contribution in [1.29, 1.82) is 0 Å². The standard InChI is InChI=1S/C17H20N2O5S/c1-10-8-13(18-15(21)11-6-5-7-23-11)25-14(10)16(22)24-9-12(20)19-17(2,3)4/h5-8H,9H2,1-4H3,(H,18,21)(H,19,20). The van der Waals surface area contributed by atoms with Crippen molar-refractivity contribution in [3.8, 4) is 0 Å². The summed E-state index contributed by atoms with van der Waals surface area (Å²) < 4.78 is 10.0. The highest BCUT2D eigenvalue weighted by Gasteiger charge is 2.20. The fourth-order valence-electron chi connectivity index (χ4n) is 1.98. The lowest BCUT2D eigenvalue weighted by molar-refractivity contribution is -0.125. The molecule has 0 bridgehead atoms. The van der Waals surface area contributed by atoms with Crippen LogP contribution in [0.25, 0.3) is 0 Å². The third-order valence-corrected chi connectivity index (χ3v) is 4.07. The third kappa shape index (κ3) is 5.46. The number of ether oxygens (including phenoxy) is 1. The Balaban J connectivity index is 1.96. The molecule has 0 atom stereocenters. The summed E-state index contributed by atoms with van der Waals surface area (Å²) in [5, 5.41) is 5.85. The summed E-state index contributed by atoms with van der Waals surface area (Å²) in [6, 6.07) is 4.82. The second-order valence-corrected chi connectivity index (χ2v) is 7.48. The summed E-state index contributed by atoms with van der Waals surface area (Å²) >= 11 is 1.08. The molecule has 0 aliphatic carbocycles. The van der Waals surface area contributed by atoms with E-state index < -0.39 is 17.4 Å². The van der Waals surface area contributed by atoms with Gasteiger partial charge in [0.15, 0.2) is 12.4 Å². The Morgan fingerprint density at radius 3 is 2.60 bits per heavy atom. The topological polar surface area (TPSA) is 97.6 Å². The first kappa shape index (κ1) is 18.7. The Morgan fingerprint density at radius 1 is 1.28 bits per heavy atom. The molecule has 0 aliphatic rings. The number of carbonyl (C=O) groups excluding carboxylic acids is 3. The normalized spacial score (nSPS) is 11.0. The monoisotopic (exact) mass is 364 g/mol. The predicted octanol–water partition coefficient (Wildman–Crippen LogP) is 2.97. The Labute approximate surface area is 149 Å². The van der Waals surface area contributed by atoms with E-state index in [2.05, 4.69) is 10.6 Å². The average molecular weight is 364 g/mol. The second kappa shape index (κ2) is 7.52. The average Bonchev–Trinajstić information content (AvgIpc) is 3.12. The molecule has 0 fully saturated rings. The van der Waals surface area contributed by atoms with Gasteiger partial charge in [0, 0.05) is 5.54 Å². The van der Waals surface area contributed by atoms with Crippen LogP contribution in [-0.4, -0.2) is 29.9 Å². The van der Waals surface area contributed by atoms with Crippen LogP contribution in [0.2, 0.25) is 0 Å². The van der Waals surface area contributed by atoms with Crippen LogP contribution < -0.4 is 10.6 Å². The van der Waals surface area contributed by atoms with E-state index in [0.717, 1.165) is 11.3 Å². The van der Waals surface area contributed by atoms with Gasteiger partial charge in [-0.3, -0.25) is 9.59 Å². The van der Waals surface area contributed by atoms with Gasteiger partial charge in [0.05, 0.1) is 11.3 Å². The van der Waals surface area contributed by atoms with E-state index in [9.17, 15) is 14.4 Å². The Bertz CT molecular complexity index is 772. The van der Waals surface area contributed by atoms with E-state index in [-0.39, 0.29) is 18.3 Å². The maximum Gasteiger partial charge on any atom is 0.349 e. The summed E-state index contributed by atoms with van der Waals surface area (Å²) in [6.07, 6.45) is 1.40. The first-order valence-corrected chi connectivity index (χ1v) is 8.41. The van der Waals surface area contributed by atoms with Crippen molar-refractivity contribution in [3.63, 3.8) is 0 Å². The van der Waals surface area contributed by atoms with Gasteiger partial charge >= 0.3 is 5.97 Å². The zero-order valence-corrected chi connectivity index (χ0v) is 15.3. The lowest BCUT2D eigenvalue weighted by Gasteiger charge is -2.20. The number of anilines is 1. The molecule has 7 nitrogen and oxygen atoms in total. The summed E-state index contributed by atoms with van der Waals surface area (Å²) in [5.74, 6) is -1.21. The maximum absolute atomic E-state index is 12.1. The van der Waals surface area contributed by atoms with Crippen LogP contribution >= 0.6 is 11.3 Å². The van der Waals surface area contributed by atoms with Crippen LogP contribution in [0.1, 0.15) is 46.6 Å². The van der Waals surface area contributed by atoms with E-state index in [1.165, 1.54) is 6.26 Å². The number of aryl methyl sites for hydroxylation is 1. The summed E-state index contributed by atoms with van der Waals surface area (Å²) in [6.45, 7) is 6.88. The molecule has 2 aromatic rings. The van der Waals surface area contributed by atoms with Gasteiger partial charge in [0.1, 0.15) is 4.88 Å². The van der Waals surface area contributed by atoms with Gasteiger partial charge in [-0.05, 0) is 51.5 Å². The number of nitrogens with one attached hydrogen (secondary N) is 2. The first-order valence-electron chi connectivity index (χ1n) is 7.59. The number of hydrogen-bond acceptors (Lipinski definition) is 6. The second-order valence-electron chi connectivity index (χ2n) is 6.43. The van der Waals surface area contributed by atoms with Crippen LogP contribution in [0.3, 0.4) is 0 Å². The van der Waals surface area contributed by atoms with Crippen LogP contribution in [0, 0.1) is 6.92 Å². The number of rotatable bonds is 5. The molecule has 0 aliphatic heterocycles. The fourth-order valence-corrected chi connectivity index (χ4v) is 2.94. The molecule has 0 aromatic carbocycles. The number of amides is 2. The minimum absolute atomic E-state index is 0.175. The molecule has 25 heavy (non-hydrogen) atoms. The van der Waals surface area contributed by atoms with Crippen LogP contribution in [-0.2, 0) is 9.53 Å². The highest BCUT2D eigenvalue weighted by atomic mass is 32.1. The number of esters is 1. The van der Waals surface area contributed by atoms with E-state index in [1.54, 1.807) is 25.1 Å². The Morgan fingerprint density at radius 2 is 2.00 bits per heavy atom. The predicted molar refractivity (Wildman–Crippen MR) is 93.9 cm³/mol. The van der Waals surface area contributed by atoms with E-state index in [4.69, 9.17) is 9.15 Å².